The molecule has 0 saturated carbocycles. The van der Waals surface area contributed by atoms with Crippen molar-refractivity contribution in [3.8, 4) is 0 Å². The van der Waals surface area contributed by atoms with Crippen molar-refractivity contribution >= 4 is 47.2 Å². The van der Waals surface area contributed by atoms with E-state index >= 15 is 0 Å². The largest absolute Gasteiger partial charge is 0.481 e. The van der Waals surface area contributed by atoms with E-state index < -0.39 is 5.97 Å². The number of nitrogens with two attached hydrogens (primary N) is 1. The molecule has 188 valence electrons. The number of carbonyl (C=O) groups is 2. The lowest BCUT2D eigenvalue weighted by molar-refractivity contribution is -0.138. The molecule has 35 heavy (non-hydrogen) atoms. The second-order valence-electron chi connectivity index (χ2n) is 9.05. The Labute approximate surface area is 217 Å². The summed E-state index contributed by atoms with van der Waals surface area (Å²) in [5, 5.41) is 15.0. The first kappa shape index (κ1) is 27.1. The van der Waals surface area contributed by atoms with Gasteiger partial charge in [-0.25, -0.2) is 0 Å². The van der Waals surface area contributed by atoms with Gasteiger partial charge in [-0.1, -0.05) is 41.9 Å². The van der Waals surface area contributed by atoms with E-state index in [1.807, 2.05) is 53.6 Å². The molecule has 8 heteroatoms. The molecule has 1 fully saturated rings. The maximum atomic E-state index is 13.9. The molecule has 1 aliphatic rings. The summed E-state index contributed by atoms with van der Waals surface area (Å²) in [6, 6.07) is 16.0. The molecule has 4 rings (SSSR count). The molecule has 2 heterocycles. The van der Waals surface area contributed by atoms with Gasteiger partial charge in [-0.05, 0) is 73.8 Å². The van der Waals surface area contributed by atoms with Crippen molar-refractivity contribution in [2.75, 3.05) is 13.1 Å². The molecular weight excluding hydrogens is 482 g/mol. The highest BCUT2D eigenvalue weighted by Crippen LogP contribution is 2.33. The summed E-state index contributed by atoms with van der Waals surface area (Å²) in [5.41, 5.74) is 3.15. The Morgan fingerprint density at radius 3 is 2.74 bits per heavy atom. The van der Waals surface area contributed by atoms with Crippen LogP contribution in [0.4, 0.5) is 0 Å². The Morgan fingerprint density at radius 2 is 1.97 bits per heavy atom. The summed E-state index contributed by atoms with van der Waals surface area (Å²) in [4.78, 5) is 30.0. The number of rotatable bonds is 9. The van der Waals surface area contributed by atoms with E-state index in [0.717, 1.165) is 59.3 Å². The van der Waals surface area contributed by atoms with Gasteiger partial charge in [0.15, 0.2) is 0 Å². The third-order valence-corrected chi connectivity index (χ3v) is 7.16. The van der Waals surface area contributed by atoms with Crippen LogP contribution in [0.2, 0.25) is 5.02 Å². The molecule has 0 radical (unpaired) electrons. The van der Waals surface area contributed by atoms with E-state index in [2.05, 4.69) is 29.0 Å². The number of aromatic amines is 1. The lowest BCUT2D eigenvalue weighted by atomic mass is 9.87. The van der Waals surface area contributed by atoms with E-state index in [1.54, 1.807) is 0 Å². The topological polar surface area (TPSA) is 99.4 Å². The molecule has 2 atom stereocenters. The Hall–Kier alpha value is -2.48. The van der Waals surface area contributed by atoms with Crippen LogP contribution in [0.15, 0.2) is 54.7 Å². The number of carboxylic acid groups (broad SMARTS) is 1. The molecule has 0 spiro atoms. The van der Waals surface area contributed by atoms with Crippen molar-refractivity contribution in [2.24, 2.45) is 11.1 Å². The number of nitrogens with one attached hydrogen (secondary N) is 1. The zero-order valence-electron chi connectivity index (χ0n) is 19.8. The van der Waals surface area contributed by atoms with E-state index in [0.29, 0.717) is 25.3 Å². The maximum Gasteiger partial charge on any atom is 0.303 e. The molecule has 3 aromatic rings. The SMILES string of the molecule is NS.O=C(O)CCCC1CCCN(C(=O)C(CCc2ccccc2Cl)c2cccc3[nH]ccc23)C1. The standard InChI is InChI=1S/C27H31ClN2O3.H3NS/c28-24-10-2-1-8-20(24)13-14-23(21-9-4-11-25-22(21)15-16-29-25)27(33)30-17-5-7-19(18-30)6-3-12-26(31)32;1-2/h1-2,4,8-11,15-16,19,23,29H,3,5-7,12-14,17-18H2,(H,31,32);2H,1H2. The van der Waals surface area contributed by atoms with Crippen LogP contribution in [0.1, 0.15) is 55.6 Å². The summed E-state index contributed by atoms with van der Waals surface area (Å²) in [6.07, 6.45) is 7.08. The van der Waals surface area contributed by atoms with Gasteiger partial charge in [0.25, 0.3) is 0 Å². The molecule has 2 aromatic carbocycles. The van der Waals surface area contributed by atoms with Gasteiger partial charge in [0.2, 0.25) is 5.91 Å². The first-order valence-electron chi connectivity index (χ1n) is 12.1. The van der Waals surface area contributed by atoms with E-state index in [9.17, 15) is 9.59 Å². The van der Waals surface area contributed by atoms with Crippen molar-refractivity contribution in [1.82, 2.24) is 9.88 Å². The average molecular weight is 516 g/mol. The number of carboxylic acids is 1. The highest BCUT2D eigenvalue weighted by atomic mass is 35.5. The number of halogens is 1. The van der Waals surface area contributed by atoms with Crippen molar-refractivity contribution in [3.63, 3.8) is 0 Å². The van der Waals surface area contributed by atoms with E-state index in [1.165, 1.54) is 0 Å². The molecule has 0 bridgehead atoms. The Kier molecular flexibility index (Phi) is 10.5. The first-order valence-corrected chi connectivity index (χ1v) is 13.0. The fourth-order valence-corrected chi connectivity index (χ4v) is 5.32. The number of thiol groups is 1. The number of aryl methyl sites for hydroxylation is 1. The van der Waals surface area contributed by atoms with Crippen LogP contribution >= 0.6 is 24.4 Å². The summed E-state index contributed by atoms with van der Waals surface area (Å²) < 4.78 is 0. The van der Waals surface area contributed by atoms with Crippen LogP contribution < -0.4 is 5.14 Å². The monoisotopic (exact) mass is 515 g/mol. The predicted molar refractivity (Wildman–Crippen MR) is 145 cm³/mol. The molecular formula is C27H34ClN3O3S. The first-order chi connectivity index (χ1) is 17.0. The van der Waals surface area contributed by atoms with Crippen LogP contribution in [0.25, 0.3) is 10.9 Å². The van der Waals surface area contributed by atoms with Crippen LogP contribution in [-0.2, 0) is 16.0 Å². The van der Waals surface area contributed by atoms with Gasteiger partial charge < -0.3 is 15.0 Å². The highest BCUT2D eigenvalue weighted by Gasteiger charge is 2.31. The maximum absolute atomic E-state index is 13.9. The number of nitrogens with zero attached hydrogens (tertiary/aromatic N) is 1. The molecule has 4 N–H and O–H groups in total. The minimum absolute atomic E-state index is 0.165. The molecule has 1 aliphatic heterocycles. The molecule has 2 unspecified atom stereocenters. The second kappa shape index (κ2) is 13.6. The molecule has 1 saturated heterocycles. The van der Waals surface area contributed by atoms with Crippen LogP contribution in [0, 0.1) is 5.92 Å². The van der Waals surface area contributed by atoms with Gasteiger partial charge in [-0.2, -0.15) is 0 Å². The number of hydrogen-bond acceptors (Lipinski definition) is 4. The number of fused-ring (bicyclic) bond motifs is 1. The summed E-state index contributed by atoms with van der Waals surface area (Å²) >= 11 is 9.44. The third kappa shape index (κ3) is 7.26. The van der Waals surface area contributed by atoms with Crippen LogP contribution in [0.5, 0.6) is 0 Å². The Balaban J connectivity index is 0.00000167. The van der Waals surface area contributed by atoms with Crippen LogP contribution in [0.3, 0.4) is 0 Å². The fraction of sp³-hybridized carbons (Fsp3) is 0.407. The second-order valence-corrected chi connectivity index (χ2v) is 9.45. The summed E-state index contributed by atoms with van der Waals surface area (Å²) in [5.74, 6) is -0.468. The number of carbonyl (C=O) groups excluding carboxylic acids is 1. The molecule has 1 aromatic heterocycles. The molecule has 6 nitrogen and oxygen atoms in total. The number of benzene rings is 2. The van der Waals surface area contributed by atoms with Gasteiger partial charge >= 0.3 is 5.97 Å². The number of piperidine rings is 1. The predicted octanol–water partition coefficient (Wildman–Crippen LogP) is 5.82. The van der Waals surface area contributed by atoms with Crippen molar-refractivity contribution < 1.29 is 14.7 Å². The Bertz CT molecular complexity index is 1120. The number of aromatic nitrogens is 1. The number of amides is 1. The quantitative estimate of drug-likeness (QED) is 0.270. The van der Waals surface area contributed by atoms with Gasteiger partial charge in [-0.15, -0.1) is 12.8 Å². The lowest BCUT2D eigenvalue weighted by Gasteiger charge is -2.35. The smallest absolute Gasteiger partial charge is 0.303 e. The minimum atomic E-state index is -0.752. The van der Waals surface area contributed by atoms with Crippen molar-refractivity contribution in [1.29, 1.82) is 0 Å². The van der Waals surface area contributed by atoms with Gasteiger partial charge in [-0.3, -0.25) is 14.7 Å². The van der Waals surface area contributed by atoms with Crippen molar-refractivity contribution in [3.05, 3.63) is 70.9 Å². The number of hydrogen-bond donors (Lipinski definition) is 4. The third-order valence-electron chi connectivity index (χ3n) is 6.80. The molecule has 0 aliphatic carbocycles. The van der Waals surface area contributed by atoms with E-state index in [-0.39, 0.29) is 18.2 Å². The minimum Gasteiger partial charge on any atom is -0.481 e. The number of H-pyrrole nitrogens is 1. The lowest BCUT2D eigenvalue weighted by Crippen LogP contribution is -2.42. The fourth-order valence-electron chi connectivity index (χ4n) is 5.09. The van der Waals surface area contributed by atoms with Crippen molar-refractivity contribution in [2.45, 2.75) is 50.9 Å². The van der Waals surface area contributed by atoms with Gasteiger partial charge in [0, 0.05) is 41.6 Å². The Morgan fingerprint density at radius 1 is 1.17 bits per heavy atom. The van der Waals surface area contributed by atoms with E-state index in [4.69, 9.17) is 16.7 Å². The van der Waals surface area contributed by atoms with Crippen LogP contribution in [-0.4, -0.2) is 40.0 Å². The zero-order valence-corrected chi connectivity index (χ0v) is 21.5. The zero-order chi connectivity index (χ0) is 25.2. The summed E-state index contributed by atoms with van der Waals surface area (Å²) in [6.45, 7) is 1.48. The normalized spacial score (nSPS) is 16.4. The van der Waals surface area contributed by atoms with Gasteiger partial charge in [0.05, 0.1) is 5.92 Å². The highest BCUT2D eigenvalue weighted by molar-refractivity contribution is 7.77. The average Bonchev–Trinajstić information content (AvgIpc) is 3.36. The number of aliphatic carboxylic acids is 1. The number of likely N-dealkylation sites (tertiary alicyclic amines) is 1. The van der Waals surface area contributed by atoms with Gasteiger partial charge in [0.1, 0.15) is 0 Å². The summed E-state index contributed by atoms with van der Waals surface area (Å²) in [7, 11) is 0. The molecule has 1 amide bonds.